The lowest BCUT2D eigenvalue weighted by molar-refractivity contribution is 0.415. The second kappa shape index (κ2) is 4.85. The smallest absolute Gasteiger partial charge is 0.347 e. The van der Waals surface area contributed by atoms with Gasteiger partial charge in [-0.15, -0.1) is 0 Å². The Balaban J connectivity index is 2.43. The summed E-state index contributed by atoms with van der Waals surface area (Å²) in [5.41, 5.74) is 2.50. The maximum atomic E-state index is 12.3. The largest absolute Gasteiger partial charge is 0.495 e. The lowest BCUT2D eigenvalue weighted by Crippen LogP contribution is -2.06. The number of methoxy groups -OCH3 is 1. The Morgan fingerprint density at radius 3 is 2.50 bits per heavy atom. The first-order valence-corrected chi connectivity index (χ1v) is 6.37. The Morgan fingerprint density at radius 1 is 1.05 bits per heavy atom. The standard InChI is InChI=1S/C17H14O3/c1-11-8-9-14-13(10-11)16(19-2)15(17(18)20-14)12-6-4-3-5-7-12/h3-10H,1-2H3. The Hall–Kier alpha value is -2.55. The molecular weight excluding hydrogens is 252 g/mol. The van der Waals surface area contributed by atoms with Crippen molar-refractivity contribution in [3.63, 3.8) is 0 Å². The van der Waals surface area contributed by atoms with Gasteiger partial charge in [-0.2, -0.15) is 0 Å². The molecule has 20 heavy (non-hydrogen) atoms. The number of hydrogen-bond donors (Lipinski definition) is 0. The highest BCUT2D eigenvalue weighted by Crippen LogP contribution is 2.34. The summed E-state index contributed by atoms with van der Waals surface area (Å²) in [5.74, 6) is 0.561. The summed E-state index contributed by atoms with van der Waals surface area (Å²) < 4.78 is 10.9. The van der Waals surface area contributed by atoms with Crippen LogP contribution in [0.1, 0.15) is 5.56 Å². The quantitative estimate of drug-likeness (QED) is 0.663. The van der Waals surface area contributed by atoms with Gasteiger partial charge in [0.05, 0.1) is 12.5 Å². The molecule has 3 nitrogen and oxygen atoms in total. The molecule has 3 aromatic rings. The van der Waals surface area contributed by atoms with Gasteiger partial charge < -0.3 is 9.15 Å². The van der Waals surface area contributed by atoms with Gasteiger partial charge in [0.15, 0.2) is 0 Å². The van der Waals surface area contributed by atoms with Crippen molar-refractivity contribution in [2.45, 2.75) is 6.92 Å². The van der Waals surface area contributed by atoms with Crippen molar-refractivity contribution >= 4 is 11.0 Å². The van der Waals surface area contributed by atoms with Gasteiger partial charge in [-0.1, -0.05) is 42.0 Å². The van der Waals surface area contributed by atoms with Crippen LogP contribution < -0.4 is 10.4 Å². The van der Waals surface area contributed by atoms with E-state index in [1.54, 1.807) is 13.2 Å². The second-order valence-corrected chi connectivity index (χ2v) is 4.66. The first-order chi connectivity index (χ1) is 9.70. The maximum Gasteiger partial charge on any atom is 0.347 e. The summed E-state index contributed by atoms with van der Waals surface area (Å²) in [4.78, 5) is 12.3. The van der Waals surface area contributed by atoms with E-state index in [4.69, 9.17) is 9.15 Å². The first kappa shape index (κ1) is 12.5. The molecule has 0 radical (unpaired) electrons. The lowest BCUT2D eigenvalue weighted by Gasteiger charge is -2.10. The molecule has 0 bridgehead atoms. The van der Waals surface area contributed by atoms with Crippen LogP contribution in [0.2, 0.25) is 0 Å². The van der Waals surface area contributed by atoms with Gasteiger partial charge in [-0.25, -0.2) is 4.79 Å². The SMILES string of the molecule is COc1c(-c2ccccc2)c(=O)oc2ccc(C)cc12. The molecule has 3 heteroatoms. The number of benzene rings is 2. The zero-order chi connectivity index (χ0) is 14.1. The van der Waals surface area contributed by atoms with Gasteiger partial charge in [0, 0.05) is 0 Å². The number of hydrogen-bond acceptors (Lipinski definition) is 3. The monoisotopic (exact) mass is 266 g/mol. The molecule has 2 aromatic carbocycles. The van der Waals surface area contributed by atoms with Crippen LogP contribution in [0.25, 0.3) is 22.1 Å². The molecule has 0 aliphatic rings. The molecule has 0 aliphatic heterocycles. The van der Waals surface area contributed by atoms with Crippen molar-refractivity contribution in [3.8, 4) is 16.9 Å². The third-order valence-corrected chi connectivity index (χ3v) is 3.28. The molecule has 0 amide bonds. The van der Waals surface area contributed by atoms with Gasteiger partial charge in [0.1, 0.15) is 16.9 Å². The maximum absolute atomic E-state index is 12.3. The summed E-state index contributed by atoms with van der Waals surface area (Å²) in [6.07, 6.45) is 0. The molecule has 0 atom stereocenters. The zero-order valence-electron chi connectivity index (χ0n) is 11.3. The normalized spacial score (nSPS) is 10.7. The van der Waals surface area contributed by atoms with Gasteiger partial charge in [0.25, 0.3) is 0 Å². The van der Waals surface area contributed by atoms with Crippen LogP contribution in [0, 0.1) is 6.92 Å². The predicted octanol–water partition coefficient (Wildman–Crippen LogP) is 3.78. The summed E-state index contributed by atoms with van der Waals surface area (Å²) in [7, 11) is 1.57. The number of aryl methyl sites for hydroxylation is 1. The molecule has 0 saturated carbocycles. The summed E-state index contributed by atoms with van der Waals surface area (Å²) in [6.45, 7) is 1.99. The minimum absolute atomic E-state index is 0.385. The molecule has 1 heterocycles. The fourth-order valence-corrected chi connectivity index (χ4v) is 2.35. The molecule has 100 valence electrons. The molecule has 0 saturated heterocycles. The van der Waals surface area contributed by atoms with Crippen molar-refractivity contribution < 1.29 is 9.15 Å². The Morgan fingerprint density at radius 2 is 1.80 bits per heavy atom. The second-order valence-electron chi connectivity index (χ2n) is 4.66. The Bertz CT molecular complexity index is 817. The highest BCUT2D eigenvalue weighted by Gasteiger charge is 2.16. The summed E-state index contributed by atoms with van der Waals surface area (Å²) >= 11 is 0. The van der Waals surface area contributed by atoms with Crippen molar-refractivity contribution in [2.24, 2.45) is 0 Å². The molecule has 1 aromatic heterocycles. The molecule has 0 fully saturated rings. The summed E-state index contributed by atoms with van der Waals surface area (Å²) in [6, 6.07) is 15.1. The van der Waals surface area contributed by atoms with E-state index in [2.05, 4.69) is 0 Å². The van der Waals surface area contributed by atoms with Crippen LogP contribution >= 0.6 is 0 Å². The van der Waals surface area contributed by atoms with Crippen LogP contribution in [0.4, 0.5) is 0 Å². The van der Waals surface area contributed by atoms with E-state index in [-0.39, 0.29) is 5.63 Å². The topological polar surface area (TPSA) is 39.4 Å². The zero-order valence-corrected chi connectivity index (χ0v) is 11.3. The highest BCUT2D eigenvalue weighted by molar-refractivity contribution is 5.91. The molecule has 0 spiro atoms. The van der Waals surface area contributed by atoms with E-state index in [1.165, 1.54) is 0 Å². The van der Waals surface area contributed by atoms with Crippen LogP contribution in [0.5, 0.6) is 5.75 Å². The minimum atomic E-state index is -0.385. The molecule has 0 aliphatic carbocycles. The van der Waals surface area contributed by atoms with E-state index in [0.29, 0.717) is 16.9 Å². The number of ether oxygens (including phenoxy) is 1. The predicted molar refractivity (Wildman–Crippen MR) is 79.2 cm³/mol. The van der Waals surface area contributed by atoms with Gasteiger partial charge in [-0.3, -0.25) is 0 Å². The highest BCUT2D eigenvalue weighted by atomic mass is 16.5. The van der Waals surface area contributed by atoms with Crippen LogP contribution in [-0.4, -0.2) is 7.11 Å². The Labute approximate surface area is 116 Å². The number of fused-ring (bicyclic) bond motifs is 1. The van der Waals surface area contributed by atoms with E-state index in [9.17, 15) is 4.79 Å². The average molecular weight is 266 g/mol. The number of rotatable bonds is 2. The molecule has 0 unspecified atom stereocenters. The van der Waals surface area contributed by atoms with E-state index in [1.807, 2.05) is 49.4 Å². The third kappa shape index (κ3) is 1.97. The molecule has 3 rings (SSSR count). The Kier molecular flexibility index (Phi) is 3.03. The summed E-state index contributed by atoms with van der Waals surface area (Å²) in [5, 5.41) is 0.811. The van der Waals surface area contributed by atoms with Gasteiger partial charge >= 0.3 is 5.63 Å². The van der Waals surface area contributed by atoms with E-state index < -0.39 is 0 Å². The van der Waals surface area contributed by atoms with Crippen molar-refractivity contribution in [3.05, 3.63) is 64.5 Å². The molecule has 0 N–H and O–H groups in total. The van der Waals surface area contributed by atoms with Crippen LogP contribution in [0.3, 0.4) is 0 Å². The van der Waals surface area contributed by atoms with Gasteiger partial charge in [0.2, 0.25) is 0 Å². The van der Waals surface area contributed by atoms with Gasteiger partial charge in [-0.05, 0) is 24.6 Å². The van der Waals surface area contributed by atoms with Crippen molar-refractivity contribution in [2.75, 3.05) is 7.11 Å². The average Bonchev–Trinajstić information content (AvgIpc) is 2.47. The molecular formula is C17H14O3. The minimum Gasteiger partial charge on any atom is -0.495 e. The van der Waals surface area contributed by atoms with E-state index in [0.717, 1.165) is 16.5 Å². The third-order valence-electron chi connectivity index (χ3n) is 3.28. The van der Waals surface area contributed by atoms with Crippen molar-refractivity contribution in [1.29, 1.82) is 0 Å². The fraction of sp³-hybridized carbons (Fsp3) is 0.118. The fourth-order valence-electron chi connectivity index (χ4n) is 2.35. The first-order valence-electron chi connectivity index (χ1n) is 6.37. The van der Waals surface area contributed by atoms with Crippen LogP contribution in [0.15, 0.2) is 57.7 Å². The van der Waals surface area contributed by atoms with E-state index >= 15 is 0 Å². The van der Waals surface area contributed by atoms with Crippen molar-refractivity contribution in [1.82, 2.24) is 0 Å². The van der Waals surface area contributed by atoms with Crippen LogP contribution in [-0.2, 0) is 0 Å². The lowest BCUT2D eigenvalue weighted by atomic mass is 10.0.